The number of alkyl carbamates (subject to hydrolysis) is 1. The number of Topliss-reactive ketones (excluding diaryl/α,β-unsaturated/α-hetero) is 1. The lowest BCUT2D eigenvalue weighted by Crippen LogP contribution is -2.59. The number of likely N-dealkylation sites (N-methyl/N-ethyl adjacent to an activating group) is 1. The summed E-state index contributed by atoms with van der Waals surface area (Å²) in [6.45, 7) is 18.1. The number of carbonyl (C=O) groups is 9. The Labute approximate surface area is 488 Å². The van der Waals surface area contributed by atoms with E-state index in [1.807, 2.05) is 50.2 Å². The molecular weight excluding hydrogens is 1070 g/mol. The normalized spacial score (nSPS) is 16.5. The van der Waals surface area contributed by atoms with Crippen molar-refractivity contribution < 1.29 is 76.7 Å². The van der Waals surface area contributed by atoms with Crippen LogP contribution in [0.25, 0.3) is 0 Å². The number of hydrogen-bond donors (Lipinski definition) is 4. The number of carbonyl (C=O) groups excluding carboxylic acids is 9. The van der Waals surface area contributed by atoms with Gasteiger partial charge in [-0.2, -0.15) is 0 Å². The Morgan fingerprint density at radius 2 is 1.34 bits per heavy atom. The molecule has 1 fully saturated rings. The number of ether oxygens (including phenoxy) is 6. The zero-order chi connectivity index (χ0) is 61.7. The summed E-state index contributed by atoms with van der Waals surface area (Å²) in [6, 6.07) is 18.7. The molecular formula is C62H87N5O16. The van der Waals surface area contributed by atoms with Crippen LogP contribution < -0.4 is 20.7 Å². The number of hydrogen-bond acceptors (Lipinski definition) is 16. The van der Waals surface area contributed by atoms with E-state index in [0.717, 1.165) is 10.5 Å². The Hall–Kier alpha value is -7.55. The summed E-state index contributed by atoms with van der Waals surface area (Å²) in [5.41, 5.74) is 1.08. The van der Waals surface area contributed by atoms with E-state index in [9.17, 15) is 48.3 Å². The Kier molecular flexibility index (Phi) is 26.5. The Morgan fingerprint density at radius 3 is 1.88 bits per heavy atom. The number of ketones is 1. The van der Waals surface area contributed by atoms with Crippen LogP contribution in [0.5, 0.6) is 5.75 Å². The molecule has 456 valence electrons. The molecule has 0 radical (unpaired) electrons. The summed E-state index contributed by atoms with van der Waals surface area (Å²) in [6.07, 6.45) is -5.81. The van der Waals surface area contributed by atoms with Crippen molar-refractivity contribution in [2.75, 3.05) is 20.7 Å². The maximum atomic E-state index is 14.5. The lowest BCUT2D eigenvalue weighted by molar-refractivity contribution is -0.162. The zero-order valence-electron chi connectivity index (χ0n) is 50.3. The van der Waals surface area contributed by atoms with Crippen molar-refractivity contribution in [1.82, 2.24) is 25.8 Å². The average molecular weight is 1160 g/mol. The van der Waals surface area contributed by atoms with Crippen LogP contribution in [-0.2, 0) is 76.9 Å². The fourth-order valence-electron chi connectivity index (χ4n) is 9.27. The fraction of sp³-hybridized carbons (Fsp3) is 0.565. The SMILES string of the molecule is CC[C@H](C)[C@@H](NC(=O)[C@@H](NC(=O)OC(C)(C)C)[C@@H](C)OC(=O)[C@H](Cc1ccc(OC)cc1)N(C)C(=O)OCc1ccccc1)[C@@H](O)CC(=O)O[C@H](C(=O)[C@H](C)C(=O)N[C@@H](CC(C)C)C(=O)N1CCC[C@H]1C(=O)OCc1ccccc1)C(C)C. The zero-order valence-corrected chi connectivity index (χ0v) is 50.3. The second kappa shape index (κ2) is 32.3. The molecule has 0 aromatic heterocycles. The number of aliphatic hydroxyl groups is 1. The topological polar surface area (TPSA) is 272 Å². The van der Waals surface area contributed by atoms with Gasteiger partial charge in [0.05, 0.1) is 31.6 Å². The first-order valence-corrected chi connectivity index (χ1v) is 28.4. The molecule has 0 bridgehead atoms. The number of rotatable bonds is 29. The van der Waals surface area contributed by atoms with E-state index in [4.69, 9.17) is 28.4 Å². The summed E-state index contributed by atoms with van der Waals surface area (Å²) in [7, 11) is 2.87. The highest BCUT2D eigenvalue weighted by atomic mass is 16.6. The summed E-state index contributed by atoms with van der Waals surface area (Å²) in [5.74, 6) is -7.71. The summed E-state index contributed by atoms with van der Waals surface area (Å²) in [4.78, 5) is 127. The number of likely N-dealkylation sites (tertiary alicyclic amines) is 1. The molecule has 1 aliphatic heterocycles. The Bertz CT molecular complexity index is 2630. The molecule has 21 nitrogen and oxygen atoms in total. The van der Waals surface area contributed by atoms with Gasteiger partial charge in [-0.05, 0) is 100 Å². The molecule has 0 aliphatic carbocycles. The van der Waals surface area contributed by atoms with Gasteiger partial charge in [0.2, 0.25) is 17.7 Å². The van der Waals surface area contributed by atoms with Crippen molar-refractivity contribution in [3.63, 3.8) is 0 Å². The molecule has 3 aromatic carbocycles. The number of nitrogens with one attached hydrogen (secondary N) is 3. The minimum Gasteiger partial charge on any atom is -0.497 e. The monoisotopic (exact) mass is 1160 g/mol. The van der Waals surface area contributed by atoms with Crippen molar-refractivity contribution in [2.45, 2.75) is 182 Å². The first-order chi connectivity index (χ1) is 39.1. The lowest BCUT2D eigenvalue weighted by atomic mass is 9.91. The van der Waals surface area contributed by atoms with Gasteiger partial charge in [0.25, 0.3) is 0 Å². The fourth-order valence-corrected chi connectivity index (χ4v) is 9.27. The molecule has 1 saturated heterocycles. The van der Waals surface area contributed by atoms with Gasteiger partial charge in [-0.15, -0.1) is 0 Å². The highest BCUT2D eigenvalue weighted by Gasteiger charge is 2.42. The van der Waals surface area contributed by atoms with Crippen LogP contribution in [0.4, 0.5) is 9.59 Å². The summed E-state index contributed by atoms with van der Waals surface area (Å²) < 4.78 is 33.5. The van der Waals surface area contributed by atoms with E-state index in [0.29, 0.717) is 36.1 Å². The molecule has 21 heteroatoms. The third kappa shape index (κ3) is 21.3. The third-order valence-electron chi connectivity index (χ3n) is 14.2. The van der Waals surface area contributed by atoms with Crippen LogP contribution in [0.1, 0.15) is 125 Å². The van der Waals surface area contributed by atoms with Crippen molar-refractivity contribution in [1.29, 1.82) is 0 Å². The van der Waals surface area contributed by atoms with Crippen LogP contribution in [0.2, 0.25) is 0 Å². The number of benzene rings is 3. The Morgan fingerprint density at radius 1 is 0.747 bits per heavy atom. The van der Waals surface area contributed by atoms with Crippen molar-refractivity contribution >= 4 is 53.6 Å². The van der Waals surface area contributed by atoms with Crippen molar-refractivity contribution in [2.24, 2.45) is 23.7 Å². The smallest absolute Gasteiger partial charge is 0.410 e. The van der Waals surface area contributed by atoms with Gasteiger partial charge in [0.1, 0.15) is 54.8 Å². The molecule has 0 saturated carbocycles. The quantitative estimate of drug-likeness (QED) is 0.0309. The van der Waals surface area contributed by atoms with Crippen LogP contribution in [0.3, 0.4) is 0 Å². The molecule has 4 N–H and O–H groups in total. The molecule has 5 amide bonds. The highest BCUT2D eigenvalue weighted by molar-refractivity contribution is 6.05. The van der Waals surface area contributed by atoms with Crippen molar-refractivity contribution in [3.05, 3.63) is 102 Å². The van der Waals surface area contributed by atoms with Crippen LogP contribution in [0.15, 0.2) is 84.9 Å². The van der Waals surface area contributed by atoms with E-state index in [2.05, 4.69) is 16.0 Å². The van der Waals surface area contributed by atoms with Gasteiger partial charge in [-0.1, -0.05) is 121 Å². The predicted octanol–water partition coefficient (Wildman–Crippen LogP) is 7.02. The Balaban J connectivity index is 1.50. The predicted molar refractivity (Wildman–Crippen MR) is 307 cm³/mol. The molecule has 10 atom stereocenters. The number of esters is 3. The minimum atomic E-state index is -1.68. The molecule has 1 aliphatic rings. The second-order valence-electron chi connectivity index (χ2n) is 22.9. The standard InChI is InChI=1S/C62H87N5O16/c1-14-39(6)51(49(68)34-50(69)82-54(38(4)5)53(70)40(7)55(71)63-46(32-37(2)3)57(73)67-31-21-26-47(67)58(74)79-35-43-22-17-15-18-23-43)64-56(72)52(65-60(76)83-62(9,10)11)41(8)81-59(75)48(33-42-27-29-45(78-13)30-28-42)66(12)61(77)80-36-44-24-19-16-20-25-44/h15-20,22-25,27-30,37-41,46-49,51-52,54,68H,14,21,26,31-36H2,1-13H3,(H,63,71)(H,64,72)(H,65,76)/t39-,40-,41+,46-,47-,48-,49-,51+,52-,54-/m0/s1. The summed E-state index contributed by atoms with van der Waals surface area (Å²) in [5, 5.41) is 19.7. The van der Waals surface area contributed by atoms with E-state index in [-0.39, 0.29) is 38.5 Å². The number of aliphatic hydroxyl groups excluding tert-OH is 1. The summed E-state index contributed by atoms with van der Waals surface area (Å²) >= 11 is 0. The first kappa shape index (κ1) is 68.0. The second-order valence-corrected chi connectivity index (χ2v) is 22.9. The van der Waals surface area contributed by atoms with Gasteiger partial charge in [-0.25, -0.2) is 19.2 Å². The van der Waals surface area contributed by atoms with E-state index in [1.165, 1.54) is 32.9 Å². The maximum Gasteiger partial charge on any atom is 0.410 e. The lowest BCUT2D eigenvalue weighted by Gasteiger charge is -2.33. The minimum absolute atomic E-state index is 0.0294. The van der Waals surface area contributed by atoms with Gasteiger partial charge < -0.3 is 54.4 Å². The average Bonchev–Trinajstić information content (AvgIpc) is 4.23. The maximum absolute atomic E-state index is 14.5. The van der Waals surface area contributed by atoms with E-state index < -0.39 is 132 Å². The first-order valence-electron chi connectivity index (χ1n) is 28.4. The van der Waals surface area contributed by atoms with Gasteiger partial charge in [0.15, 0.2) is 11.9 Å². The number of nitrogens with zero attached hydrogens (tertiary/aromatic N) is 2. The third-order valence-corrected chi connectivity index (χ3v) is 14.2. The van der Waals surface area contributed by atoms with Crippen LogP contribution in [-0.4, -0.2) is 143 Å². The molecule has 4 rings (SSSR count). The number of amides is 5. The molecule has 0 unspecified atom stereocenters. The largest absolute Gasteiger partial charge is 0.497 e. The van der Waals surface area contributed by atoms with E-state index >= 15 is 0 Å². The molecule has 0 spiro atoms. The van der Waals surface area contributed by atoms with Gasteiger partial charge in [-0.3, -0.25) is 28.9 Å². The number of methoxy groups -OCH3 is 1. The van der Waals surface area contributed by atoms with Crippen LogP contribution >= 0.6 is 0 Å². The van der Waals surface area contributed by atoms with Gasteiger partial charge >= 0.3 is 30.1 Å². The van der Waals surface area contributed by atoms with Gasteiger partial charge in [0, 0.05) is 20.0 Å². The van der Waals surface area contributed by atoms with E-state index in [1.54, 1.807) is 97.0 Å². The molecule has 3 aromatic rings. The van der Waals surface area contributed by atoms with Crippen molar-refractivity contribution in [3.8, 4) is 5.75 Å². The highest BCUT2D eigenvalue weighted by Crippen LogP contribution is 2.25. The molecule has 1 heterocycles. The molecule has 83 heavy (non-hydrogen) atoms. The van der Waals surface area contributed by atoms with Crippen LogP contribution in [0, 0.1) is 23.7 Å².